The van der Waals surface area contributed by atoms with Crippen molar-refractivity contribution in [3.8, 4) is 17.1 Å². The van der Waals surface area contributed by atoms with Crippen LogP contribution >= 0.6 is 0 Å². The van der Waals surface area contributed by atoms with E-state index in [2.05, 4.69) is 10.6 Å². The predicted molar refractivity (Wildman–Crippen MR) is 153 cm³/mol. The second-order valence-corrected chi connectivity index (χ2v) is 10.8. The van der Waals surface area contributed by atoms with E-state index >= 15 is 0 Å². The third kappa shape index (κ3) is 6.34. The molecule has 7 nitrogen and oxygen atoms in total. The van der Waals surface area contributed by atoms with Crippen LogP contribution in [0.25, 0.3) is 22.3 Å². The molecule has 0 radical (unpaired) electrons. The molecule has 3 aromatic carbocycles. The van der Waals surface area contributed by atoms with Crippen molar-refractivity contribution in [3.63, 3.8) is 0 Å². The summed E-state index contributed by atoms with van der Waals surface area (Å²) in [6, 6.07) is 17.2. The van der Waals surface area contributed by atoms with Gasteiger partial charge in [0.05, 0.1) is 5.56 Å². The lowest BCUT2D eigenvalue weighted by molar-refractivity contribution is 0.0947. The fourth-order valence-corrected chi connectivity index (χ4v) is 5.01. The summed E-state index contributed by atoms with van der Waals surface area (Å²) in [4.78, 5) is 25.4. The van der Waals surface area contributed by atoms with Crippen LogP contribution in [0.2, 0.25) is 0 Å². The normalized spacial score (nSPS) is 15.1. The van der Waals surface area contributed by atoms with E-state index < -0.39 is 5.91 Å². The average molecular weight is 544 g/mol. The van der Waals surface area contributed by atoms with Gasteiger partial charge in [-0.2, -0.15) is 0 Å². The van der Waals surface area contributed by atoms with Crippen molar-refractivity contribution in [1.29, 1.82) is 0 Å². The smallest absolute Gasteiger partial charge is 0.253 e. The summed E-state index contributed by atoms with van der Waals surface area (Å²) in [6.45, 7) is 6.20. The van der Waals surface area contributed by atoms with Gasteiger partial charge in [-0.15, -0.1) is 0 Å². The molecule has 1 aliphatic rings. The first-order valence-corrected chi connectivity index (χ1v) is 13.7. The highest BCUT2D eigenvalue weighted by atomic mass is 19.1. The minimum atomic E-state index is -0.629. The van der Waals surface area contributed by atoms with Gasteiger partial charge in [-0.1, -0.05) is 19.9 Å². The van der Waals surface area contributed by atoms with Gasteiger partial charge in [0.25, 0.3) is 11.8 Å². The Labute approximate surface area is 232 Å². The molecule has 1 fully saturated rings. The molecule has 0 bridgehead atoms. The molecule has 8 heteroatoms. The first kappa shape index (κ1) is 27.4. The molecule has 2 heterocycles. The summed E-state index contributed by atoms with van der Waals surface area (Å²) < 4.78 is 25.6. The van der Waals surface area contributed by atoms with Gasteiger partial charge < -0.3 is 25.5 Å². The standard InChI is InChI=1S/C32H34FN3O4/c1-19(2)17-36-32(38)23-13-21(14-26(16-23)39-18-25-4-3-11-35-25)12-20-5-10-28-27(15-20)29(31(34)37)30(40-28)22-6-8-24(33)9-7-22/h5-10,13-16,19,25,35H,3-4,11-12,17-18H2,1-2H3,(H2,34,37)(H,36,38). The highest BCUT2D eigenvalue weighted by molar-refractivity contribution is 6.10. The fourth-order valence-electron chi connectivity index (χ4n) is 5.01. The van der Waals surface area contributed by atoms with Gasteiger partial charge in [0, 0.05) is 29.1 Å². The maximum absolute atomic E-state index is 13.5. The van der Waals surface area contributed by atoms with Gasteiger partial charge in [0.15, 0.2) is 0 Å². The van der Waals surface area contributed by atoms with Crippen molar-refractivity contribution in [1.82, 2.24) is 10.6 Å². The number of halogens is 1. The minimum Gasteiger partial charge on any atom is -0.492 e. The first-order chi connectivity index (χ1) is 19.3. The number of hydrogen-bond acceptors (Lipinski definition) is 5. The molecule has 40 heavy (non-hydrogen) atoms. The number of carbonyl (C=O) groups is 2. The van der Waals surface area contributed by atoms with Crippen molar-refractivity contribution in [3.05, 3.63) is 88.7 Å². The zero-order chi connectivity index (χ0) is 28.2. The van der Waals surface area contributed by atoms with E-state index in [4.69, 9.17) is 14.9 Å². The molecule has 1 aromatic heterocycles. The third-order valence-electron chi connectivity index (χ3n) is 7.03. The van der Waals surface area contributed by atoms with Gasteiger partial charge in [-0.25, -0.2) is 4.39 Å². The highest BCUT2D eigenvalue weighted by Crippen LogP contribution is 2.34. The molecule has 1 atom stereocenters. The Morgan fingerprint density at radius 2 is 1.90 bits per heavy atom. The van der Waals surface area contributed by atoms with Crippen LogP contribution in [0.4, 0.5) is 4.39 Å². The van der Waals surface area contributed by atoms with Crippen LogP contribution in [0.5, 0.6) is 5.75 Å². The molecule has 0 saturated carbocycles. The molecule has 4 aromatic rings. The van der Waals surface area contributed by atoms with Gasteiger partial charge >= 0.3 is 0 Å². The lowest BCUT2D eigenvalue weighted by Crippen LogP contribution is -2.29. The summed E-state index contributed by atoms with van der Waals surface area (Å²) >= 11 is 0. The van der Waals surface area contributed by atoms with Crippen molar-refractivity contribution < 1.29 is 23.1 Å². The predicted octanol–water partition coefficient (Wildman–Crippen LogP) is 5.45. The SMILES string of the molecule is CC(C)CNC(=O)c1cc(Cc2ccc3oc(-c4ccc(F)cc4)c(C(N)=O)c3c2)cc(OCC2CCCN2)c1. The Hall–Kier alpha value is -4.17. The fraction of sp³-hybridized carbons (Fsp3) is 0.312. The zero-order valence-corrected chi connectivity index (χ0v) is 22.8. The average Bonchev–Trinajstić information content (AvgIpc) is 3.58. The maximum Gasteiger partial charge on any atom is 0.253 e. The van der Waals surface area contributed by atoms with Crippen LogP contribution < -0.4 is 21.1 Å². The molecule has 1 aliphatic heterocycles. The Morgan fingerprint density at radius 1 is 1.10 bits per heavy atom. The largest absolute Gasteiger partial charge is 0.492 e. The highest BCUT2D eigenvalue weighted by Gasteiger charge is 2.21. The van der Waals surface area contributed by atoms with Crippen LogP contribution in [-0.2, 0) is 6.42 Å². The summed E-state index contributed by atoms with van der Waals surface area (Å²) in [5.41, 5.74) is 9.42. The van der Waals surface area contributed by atoms with Gasteiger partial charge in [0.2, 0.25) is 0 Å². The lowest BCUT2D eigenvalue weighted by atomic mass is 9.99. The summed E-state index contributed by atoms with van der Waals surface area (Å²) in [7, 11) is 0. The number of ether oxygens (including phenoxy) is 1. The van der Waals surface area contributed by atoms with Crippen molar-refractivity contribution in [2.24, 2.45) is 11.7 Å². The van der Waals surface area contributed by atoms with E-state index in [-0.39, 0.29) is 17.3 Å². The van der Waals surface area contributed by atoms with E-state index in [1.54, 1.807) is 24.3 Å². The molecule has 208 valence electrons. The number of nitrogens with two attached hydrogens (primary N) is 1. The molecule has 1 saturated heterocycles. The van der Waals surface area contributed by atoms with Crippen LogP contribution in [0.3, 0.4) is 0 Å². The van der Waals surface area contributed by atoms with Gasteiger partial charge in [-0.3, -0.25) is 9.59 Å². The Bertz CT molecular complexity index is 1520. The number of nitrogens with one attached hydrogen (secondary N) is 2. The lowest BCUT2D eigenvalue weighted by Gasteiger charge is -2.15. The summed E-state index contributed by atoms with van der Waals surface area (Å²) in [5, 5.41) is 7.00. The van der Waals surface area contributed by atoms with Crippen molar-refractivity contribution in [2.75, 3.05) is 19.7 Å². The van der Waals surface area contributed by atoms with Gasteiger partial charge in [0.1, 0.15) is 29.5 Å². The Balaban J connectivity index is 1.46. The van der Waals surface area contributed by atoms with Crippen LogP contribution in [-0.4, -0.2) is 37.6 Å². The quantitative estimate of drug-likeness (QED) is 0.247. The monoisotopic (exact) mass is 543 g/mol. The zero-order valence-electron chi connectivity index (χ0n) is 22.8. The summed E-state index contributed by atoms with van der Waals surface area (Å²) in [5.74, 6) is 0.115. The van der Waals surface area contributed by atoms with E-state index in [0.717, 1.165) is 30.5 Å². The number of primary amides is 1. The number of fused-ring (bicyclic) bond motifs is 1. The Morgan fingerprint density at radius 3 is 2.60 bits per heavy atom. The number of amides is 2. The van der Waals surface area contributed by atoms with E-state index in [1.165, 1.54) is 12.1 Å². The molecule has 4 N–H and O–H groups in total. The minimum absolute atomic E-state index is 0.148. The molecule has 5 rings (SSSR count). The van der Waals surface area contributed by atoms with Crippen molar-refractivity contribution in [2.45, 2.75) is 39.2 Å². The third-order valence-corrected chi connectivity index (χ3v) is 7.03. The number of carbonyl (C=O) groups excluding carboxylic acids is 2. The van der Waals surface area contributed by atoms with Gasteiger partial charge in [-0.05, 0) is 97.4 Å². The topological polar surface area (TPSA) is 107 Å². The molecular formula is C32H34FN3O4. The molecule has 0 aliphatic carbocycles. The second-order valence-electron chi connectivity index (χ2n) is 10.8. The number of rotatable bonds is 10. The number of furan rings is 1. The van der Waals surface area contributed by atoms with Crippen molar-refractivity contribution >= 4 is 22.8 Å². The number of hydrogen-bond donors (Lipinski definition) is 3. The second kappa shape index (κ2) is 11.9. The Kier molecular flexibility index (Phi) is 8.16. The van der Waals surface area contributed by atoms with Crippen LogP contribution in [0.1, 0.15) is 58.5 Å². The molecular weight excluding hydrogens is 509 g/mol. The molecule has 2 amide bonds. The summed E-state index contributed by atoms with van der Waals surface area (Å²) in [6.07, 6.45) is 2.69. The van der Waals surface area contributed by atoms with E-state index in [1.807, 2.05) is 38.1 Å². The van der Waals surface area contributed by atoms with E-state index in [9.17, 15) is 14.0 Å². The van der Waals surface area contributed by atoms with Crippen LogP contribution in [0, 0.1) is 11.7 Å². The molecule has 0 spiro atoms. The van der Waals surface area contributed by atoms with Crippen LogP contribution in [0.15, 0.2) is 65.1 Å². The first-order valence-electron chi connectivity index (χ1n) is 13.7. The number of benzene rings is 3. The molecule has 1 unspecified atom stereocenters. The maximum atomic E-state index is 13.5. The van der Waals surface area contributed by atoms with E-state index in [0.29, 0.717) is 65.1 Å².